The molecule has 0 bridgehead atoms. The summed E-state index contributed by atoms with van der Waals surface area (Å²) in [6, 6.07) is 0. The van der Waals surface area contributed by atoms with E-state index in [2.05, 4.69) is 34.2 Å². The van der Waals surface area contributed by atoms with Gasteiger partial charge in [-0.25, -0.2) is 9.89 Å². The van der Waals surface area contributed by atoms with Gasteiger partial charge in [0.05, 0.1) is 18.4 Å². The molecule has 3 rings (SSSR count). The van der Waals surface area contributed by atoms with Crippen molar-refractivity contribution in [2.45, 2.75) is 63.1 Å². The highest BCUT2D eigenvalue weighted by molar-refractivity contribution is 7.98. The Morgan fingerprint density at radius 1 is 1.46 bits per heavy atom. The quantitative estimate of drug-likeness (QED) is 0.725. The van der Waals surface area contributed by atoms with Gasteiger partial charge in [0.1, 0.15) is 0 Å². The zero-order valence-electron chi connectivity index (χ0n) is 14.0. The molecule has 1 N–H and O–H groups in total. The van der Waals surface area contributed by atoms with Crippen LogP contribution in [0.1, 0.15) is 44.8 Å². The van der Waals surface area contributed by atoms with E-state index in [1.807, 2.05) is 0 Å². The summed E-state index contributed by atoms with van der Waals surface area (Å²) in [7, 11) is 0. The SMILES string of the molecule is CC(C)CCc1noc(CSc2n[nH]c(=O)n2CC2CCCO2)n1. The fraction of sp³-hybridized carbons (Fsp3) is 0.733. The lowest BCUT2D eigenvalue weighted by molar-refractivity contribution is 0.0941. The van der Waals surface area contributed by atoms with E-state index in [9.17, 15) is 4.79 Å². The minimum absolute atomic E-state index is 0.0886. The van der Waals surface area contributed by atoms with Gasteiger partial charge in [-0.3, -0.25) is 4.57 Å². The monoisotopic (exact) mass is 353 g/mol. The van der Waals surface area contributed by atoms with E-state index in [4.69, 9.17) is 9.26 Å². The lowest BCUT2D eigenvalue weighted by Gasteiger charge is -2.10. The molecule has 0 amide bonds. The Kier molecular flexibility index (Phi) is 5.72. The number of aryl methyl sites for hydroxylation is 1. The van der Waals surface area contributed by atoms with E-state index in [-0.39, 0.29) is 11.8 Å². The van der Waals surface area contributed by atoms with Crippen LogP contribution < -0.4 is 5.69 Å². The Balaban J connectivity index is 1.57. The lowest BCUT2D eigenvalue weighted by atomic mass is 10.1. The minimum atomic E-state index is -0.212. The molecule has 0 aliphatic carbocycles. The van der Waals surface area contributed by atoms with E-state index in [1.165, 1.54) is 11.8 Å². The maximum absolute atomic E-state index is 11.9. The van der Waals surface area contributed by atoms with Gasteiger partial charge in [0.15, 0.2) is 11.0 Å². The lowest BCUT2D eigenvalue weighted by Crippen LogP contribution is -2.24. The Bertz CT molecular complexity index is 702. The van der Waals surface area contributed by atoms with E-state index in [0.29, 0.717) is 29.3 Å². The number of nitrogens with zero attached hydrogens (tertiary/aromatic N) is 4. The van der Waals surface area contributed by atoms with Crippen LogP contribution in [-0.2, 0) is 23.5 Å². The van der Waals surface area contributed by atoms with Crippen molar-refractivity contribution in [1.29, 1.82) is 0 Å². The molecule has 0 saturated carbocycles. The van der Waals surface area contributed by atoms with Crippen LogP contribution in [0.4, 0.5) is 0 Å². The van der Waals surface area contributed by atoms with Gasteiger partial charge in [-0.1, -0.05) is 30.8 Å². The summed E-state index contributed by atoms with van der Waals surface area (Å²) in [6.45, 7) is 5.63. The highest BCUT2D eigenvalue weighted by Crippen LogP contribution is 2.21. The van der Waals surface area contributed by atoms with Crippen molar-refractivity contribution in [3.8, 4) is 0 Å². The largest absolute Gasteiger partial charge is 0.376 e. The van der Waals surface area contributed by atoms with Gasteiger partial charge in [0.2, 0.25) is 5.89 Å². The van der Waals surface area contributed by atoms with Gasteiger partial charge in [-0.05, 0) is 25.2 Å². The van der Waals surface area contributed by atoms with Crippen LogP contribution in [0.5, 0.6) is 0 Å². The summed E-state index contributed by atoms with van der Waals surface area (Å²) >= 11 is 1.41. The first-order valence-corrected chi connectivity index (χ1v) is 9.31. The van der Waals surface area contributed by atoms with E-state index in [1.54, 1.807) is 4.57 Å². The number of rotatable bonds is 8. The molecule has 3 heterocycles. The first-order valence-electron chi connectivity index (χ1n) is 8.33. The van der Waals surface area contributed by atoms with Gasteiger partial charge in [0.25, 0.3) is 0 Å². The summed E-state index contributed by atoms with van der Waals surface area (Å²) < 4.78 is 12.5. The Morgan fingerprint density at radius 2 is 2.33 bits per heavy atom. The zero-order chi connectivity index (χ0) is 16.9. The number of aromatic nitrogens is 5. The third-order valence-corrected chi connectivity index (χ3v) is 4.87. The molecular formula is C15H23N5O3S. The second kappa shape index (κ2) is 7.98. The molecule has 0 aromatic carbocycles. The summed E-state index contributed by atoms with van der Waals surface area (Å²) in [5, 5.41) is 11.2. The Morgan fingerprint density at radius 3 is 3.08 bits per heavy atom. The molecule has 8 nitrogen and oxygen atoms in total. The van der Waals surface area contributed by atoms with Gasteiger partial charge >= 0.3 is 5.69 Å². The van der Waals surface area contributed by atoms with Crippen LogP contribution in [0.2, 0.25) is 0 Å². The topological polar surface area (TPSA) is 98.8 Å². The average molecular weight is 353 g/mol. The van der Waals surface area contributed by atoms with Crippen LogP contribution in [0.15, 0.2) is 14.5 Å². The molecule has 1 fully saturated rings. The van der Waals surface area contributed by atoms with Crippen molar-refractivity contribution >= 4 is 11.8 Å². The maximum Gasteiger partial charge on any atom is 0.344 e. The third kappa shape index (κ3) is 4.47. The van der Waals surface area contributed by atoms with Crippen LogP contribution >= 0.6 is 11.8 Å². The normalized spacial score (nSPS) is 17.9. The first kappa shape index (κ1) is 17.2. The third-order valence-electron chi connectivity index (χ3n) is 3.91. The van der Waals surface area contributed by atoms with Crippen LogP contribution in [0.25, 0.3) is 0 Å². The van der Waals surface area contributed by atoms with E-state index >= 15 is 0 Å². The van der Waals surface area contributed by atoms with Crippen LogP contribution in [0.3, 0.4) is 0 Å². The number of thioether (sulfide) groups is 1. The fourth-order valence-electron chi connectivity index (χ4n) is 2.56. The standard InChI is InChI=1S/C15H23N5O3S/c1-10(2)5-6-12-16-13(23-19-12)9-24-15-18-17-14(21)20(15)8-11-4-3-7-22-11/h10-11H,3-9H2,1-2H3,(H,17,21). The van der Waals surface area contributed by atoms with Crippen LogP contribution in [0, 0.1) is 5.92 Å². The molecule has 1 unspecified atom stereocenters. The predicted molar refractivity (Wildman–Crippen MR) is 88.8 cm³/mol. The molecule has 2 aromatic rings. The van der Waals surface area contributed by atoms with Crippen molar-refractivity contribution in [1.82, 2.24) is 24.9 Å². The summed E-state index contributed by atoms with van der Waals surface area (Å²) in [6.07, 6.45) is 3.96. The number of H-pyrrole nitrogens is 1. The molecule has 0 radical (unpaired) electrons. The first-order chi connectivity index (χ1) is 11.6. The average Bonchev–Trinajstić information content (AvgIpc) is 3.28. The highest BCUT2D eigenvalue weighted by atomic mass is 32.2. The van der Waals surface area contributed by atoms with Gasteiger partial charge in [0, 0.05) is 13.0 Å². The number of nitrogens with one attached hydrogen (secondary N) is 1. The summed E-state index contributed by atoms with van der Waals surface area (Å²) in [5.41, 5.74) is -0.212. The van der Waals surface area contributed by atoms with Gasteiger partial charge in [-0.15, -0.1) is 5.10 Å². The number of hydrogen-bond acceptors (Lipinski definition) is 7. The van der Waals surface area contributed by atoms with Crippen molar-refractivity contribution in [2.24, 2.45) is 5.92 Å². The molecule has 9 heteroatoms. The van der Waals surface area contributed by atoms with Crippen molar-refractivity contribution in [3.05, 3.63) is 22.2 Å². The van der Waals surface area contributed by atoms with E-state index < -0.39 is 0 Å². The second-order valence-corrected chi connectivity index (χ2v) is 7.33. The number of ether oxygens (including phenoxy) is 1. The van der Waals surface area contributed by atoms with Crippen molar-refractivity contribution < 1.29 is 9.26 Å². The van der Waals surface area contributed by atoms with Gasteiger partial charge < -0.3 is 9.26 Å². The molecule has 1 saturated heterocycles. The maximum atomic E-state index is 11.9. The van der Waals surface area contributed by atoms with Crippen molar-refractivity contribution in [3.63, 3.8) is 0 Å². The second-order valence-electron chi connectivity index (χ2n) is 6.38. The molecular weight excluding hydrogens is 330 g/mol. The van der Waals surface area contributed by atoms with Crippen LogP contribution in [-0.4, -0.2) is 37.6 Å². The van der Waals surface area contributed by atoms with E-state index in [0.717, 1.165) is 38.1 Å². The minimum Gasteiger partial charge on any atom is -0.376 e. The smallest absolute Gasteiger partial charge is 0.344 e. The molecule has 1 atom stereocenters. The molecule has 1 aliphatic rings. The number of hydrogen-bond donors (Lipinski definition) is 1. The molecule has 132 valence electrons. The molecule has 1 aliphatic heterocycles. The Labute approximate surface area is 144 Å². The summed E-state index contributed by atoms with van der Waals surface area (Å²) in [4.78, 5) is 16.3. The fourth-order valence-corrected chi connectivity index (χ4v) is 3.35. The highest BCUT2D eigenvalue weighted by Gasteiger charge is 2.20. The Hall–Kier alpha value is -1.61. The summed E-state index contributed by atoms with van der Waals surface area (Å²) in [5.74, 6) is 2.39. The molecule has 2 aromatic heterocycles. The predicted octanol–water partition coefficient (Wildman–Crippen LogP) is 2.01. The van der Waals surface area contributed by atoms with Crippen molar-refractivity contribution in [2.75, 3.05) is 6.61 Å². The molecule has 0 spiro atoms. The zero-order valence-corrected chi connectivity index (χ0v) is 14.8. The van der Waals surface area contributed by atoms with Gasteiger partial charge in [-0.2, -0.15) is 4.98 Å². The molecule has 24 heavy (non-hydrogen) atoms. The number of aromatic amines is 1.